The van der Waals surface area contributed by atoms with Crippen molar-refractivity contribution in [2.45, 2.75) is 199 Å². The lowest BCUT2D eigenvalue weighted by Gasteiger charge is -2.20. The molecule has 0 aliphatic rings. The van der Waals surface area contributed by atoms with E-state index in [2.05, 4.69) is 62.5 Å². The van der Waals surface area contributed by atoms with Crippen molar-refractivity contribution in [3.63, 3.8) is 0 Å². The van der Waals surface area contributed by atoms with Crippen LogP contribution in [-0.4, -0.2) is 65.7 Å². The van der Waals surface area contributed by atoms with Gasteiger partial charge in [0.2, 0.25) is 0 Å². The number of allylic oxidation sites excluding steroid dienone is 8. The van der Waals surface area contributed by atoms with Crippen LogP contribution in [0.3, 0.4) is 0 Å². The highest BCUT2D eigenvalue weighted by Crippen LogP contribution is 2.43. The van der Waals surface area contributed by atoms with E-state index < -0.39 is 58.4 Å². The lowest BCUT2D eigenvalue weighted by atomic mass is 10.0. The van der Waals surface area contributed by atoms with Gasteiger partial charge in [-0.15, -0.1) is 0 Å². The van der Waals surface area contributed by atoms with Gasteiger partial charge in [-0.25, -0.2) is 4.57 Å². The fourth-order valence-electron chi connectivity index (χ4n) is 5.93. The second kappa shape index (κ2) is 41.1. The molecule has 0 saturated heterocycles. The van der Waals surface area contributed by atoms with Crippen LogP contribution in [0, 0.1) is 0 Å². The monoisotopic (exact) mass is 813 g/mol. The van der Waals surface area contributed by atoms with Gasteiger partial charge in [0.1, 0.15) is 12.2 Å². The summed E-state index contributed by atoms with van der Waals surface area (Å²) in [6.07, 6.45) is 43.7. The third-order valence-corrected chi connectivity index (χ3v) is 10.3. The Labute approximate surface area is 341 Å². The van der Waals surface area contributed by atoms with Crippen LogP contribution < -0.4 is 0 Å². The molecule has 0 aliphatic heterocycles. The average Bonchev–Trinajstić information content (AvgIpc) is 3.19. The molecule has 3 atom stereocenters. The van der Waals surface area contributed by atoms with Crippen molar-refractivity contribution in [1.82, 2.24) is 0 Å². The molecule has 326 valence electrons. The Morgan fingerprint density at radius 2 is 0.839 bits per heavy atom. The highest BCUT2D eigenvalue weighted by molar-refractivity contribution is 7.47. The first-order valence-corrected chi connectivity index (χ1v) is 23.6. The van der Waals surface area contributed by atoms with E-state index in [1.807, 2.05) is 0 Å². The van der Waals surface area contributed by atoms with Crippen LogP contribution in [0.2, 0.25) is 0 Å². The standard InChI is InChI=1S/C45H81O10P/c1-3-5-7-9-11-13-15-17-19-21-23-25-27-29-31-33-35-37-45(49)55-43(39-47)41-53-56(50,51)52-40-42(38-46)54-44(48)36-34-32-30-28-26-24-22-20-18-16-14-12-10-8-6-4-2/h5,7,11,13,17,19,23,25,42-43,46-47H,3-4,6,8-10,12,14-16,18,20-22,24,26-41H2,1-2H3,(H,50,51)/b7-5-,13-11-,19-17-,25-23-. The smallest absolute Gasteiger partial charge is 0.457 e. The molecule has 0 bridgehead atoms. The molecule has 0 radical (unpaired) electrons. The number of carbonyl (C=O) groups excluding carboxylic acids is 2. The average molecular weight is 813 g/mol. The number of unbranched alkanes of at least 4 members (excludes halogenated alkanes) is 19. The summed E-state index contributed by atoms with van der Waals surface area (Å²) >= 11 is 0. The maximum absolute atomic E-state index is 12.4. The zero-order valence-electron chi connectivity index (χ0n) is 35.3. The predicted molar refractivity (Wildman–Crippen MR) is 228 cm³/mol. The second-order valence-corrected chi connectivity index (χ2v) is 16.1. The summed E-state index contributed by atoms with van der Waals surface area (Å²) < 4.78 is 32.6. The Balaban J connectivity index is 3.94. The van der Waals surface area contributed by atoms with Gasteiger partial charge in [-0.3, -0.25) is 18.6 Å². The first-order chi connectivity index (χ1) is 27.3. The fraction of sp³-hybridized carbons (Fsp3) is 0.778. The Morgan fingerprint density at radius 3 is 1.21 bits per heavy atom. The highest BCUT2D eigenvalue weighted by atomic mass is 31.2. The van der Waals surface area contributed by atoms with E-state index in [0.717, 1.165) is 70.6 Å². The summed E-state index contributed by atoms with van der Waals surface area (Å²) in [6.45, 7) is 2.08. The molecule has 11 heteroatoms. The molecule has 0 spiro atoms. The molecular formula is C45H81O10P. The maximum Gasteiger partial charge on any atom is 0.472 e. The first kappa shape index (κ1) is 53.9. The molecule has 0 aromatic carbocycles. The third-order valence-electron chi connectivity index (χ3n) is 9.31. The minimum absolute atomic E-state index is 0.163. The number of esters is 2. The van der Waals surface area contributed by atoms with Crippen molar-refractivity contribution in [3.8, 4) is 0 Å². The predicted octanol–water partition coefficient (Wildman–Crippen LogP) is 11.7. The largest absolute Gasteiger partial charge is 0.472 e. The number of carbonyl (C=O) groups is 2. The van der Waals surface area contributed by atoms with Gasteiger partial charge in [0.25, 0.3) is 0 Å². The van der Waals surface area contributed by atoms with Crippen molar-refractivity contribution in [2.24, 2.45) is 0 Å². The molecule has 3 N–H and O–H groups in total. The molecule has 0 aromatic rings. The van der Waals surface area contributed by atoms with Crippen LogP contribution in [0.5, 0.6) is 0 Å². The van der Waals surface area contributed by atoms with Crippen molar-refractivity contribution < 1.29 is 47.8 Å². The molecule has 0 aromatic heterocycles. The minimum atomic E-state index is -4.64. The molecule has 0 heterocycles. The molecular weight excluding hydrogens is 731 g/mol. The van der Waals surface area contributed by atoms with E-state index in [9.17, 15) is 29.3 Å². The van der Waals surface area contributed by atoms with Crippen molar-refractivity contribution in [3.05, 3.63) is 48.6 Å². The van der Waals surface area contributed by atoms with Crippen LogP contribution in [0.25, 0.3) is 0 Å². The van der Waals surface area contributed by atoms with Crippen molar-refractivity contribution >= 4 is 19.8 Å². The zero-order valence-corrected chi connectivity index (χ0v) is 36.2. The third kappa shape index (κ3) is 38.8. The molecule has 0 amide bonds. The van der Waals surface area contributed by atoms with Crippen LogP contribution in [-0.2, 0) is 32.7 Å². The Bertz CT molecular complexity index is 1070. The lowest BCUT2D eigenvalue weighted by molar-refractivity contribution is -0.153. The minimum Gasteiger partial charge on any atom is -0.457 e. The van der Waals surface area contributed by atoms with Gasteiger partial charge < -0.3 is 24.6 Å². The first-order valence-electron chi connectivity index (χ1n) is 22.1. The SMILES string of the molecule is CC/C=C\C/C=C\C/C=C\C/C=C\CCCCCCC(=O)OC(CO)COP(=O)(O)OCC(CO)OC(=O)CCCCCCCCCCCCCCCCCC. The van der Waals surface area contributed by atoms with E-state index in [1.54, 1.807) is 0 Å². The van der Waals surface area contributed by atoms with Crippen LogP contribution in [0.1, 0.15) is 187 Å². The molecule has 0 fully saturated rings. The number of aliphatic hydroxyl groups excluding tert-OH is 2. The van der Waals surface area contributed by atoms with Crippen LogP contribution in [0.4, 0.5) is 0 Å². The molecule has 0 rings (SSSR count). The number of phosphoric acid groups is 1. The van der Waals surface area contributed by atoms with E-state index >= 15 is 0 Å². The molecule has 0 aliphatic carbocycles. The van der Waals surface area contributed by atoms with Gasteiger partial charge in [-0.2, -0.15) is 0 Å². The van der Waals surface area contributed by atoms with E-state index in [-0.39, 0.29) is 12.8 Å². The molecule has 10 nitrogen and oxygen atoms in total. The lowest BCUT2D eigenvalue weighted by Crippen LogP contribution is -2.28. The molecule has 0 saturated carbocycles. The summed E-state index contributed by atoms with van der Waals surface area (Å²) in [7, 11) is -4.64. The summed E-state index contributed by atoms with van der Waals surface area (Å²) in [4.78, 5) is 34.5. The number of phosphoric ester groups is 1. The number of hydrogen-bond acceptors (Lipinski definition) is 9. The highest BCUT2D eigenvalue weighted by Gasteiger charge is 2.27. The van der Waals surface area contributed by atoms with Gasteiger partial charge >= 0.3 is 19.8 Å². The summed E-state index contributed by atoms with van der Waals surface area (Å²) in [5.41, 5.74) is 0. The molecule has 56 heavy (non-hydrogen) atoms. The molecule has 3 unspecified atom stereocenters. The van der Waals surface area contributed by atoms with E-state index in [4.69, 9.17) is 18.5 Å². The van der Waals surface area contributed by atoms with Crippen LogP contribution >= 0.6 is 7.82 Å². The second-order valence-electron chi connectivity index (χ2n) is 14.7. The maximum atomic E-state index is 12.4. The Morgan fingerprint density at radius 1 is 0.500 bits per heavy atom. The van der Waals surface area contributed by atoms with Gasteiger partial charge in [0, 0.05) is 12.8 Å². The van der Waals surface area contributed by atoms with Gasteiger partial charge in [-0.1, -0.05) is 172 Å². The van der Waals surface area contributed by atoms with Crippen molar-refractivity contribution in [2.75, 3.05) is 26.4 Å². The number of ether oxygens (including phenoxy) is 2. The zero-order chi connectivity index (χ0) is 41.2. The number of aliphatic hydroxyl groups is 2. The number of rotatable bonds is 41. The van der Waals surface area contributed by atoms with Crippen molar-refractivity contribution in [1.29, 1.82) is 0 Å². The topological polar surface area (TPSA) is 149 Å². The summed E-state index contributed by atoms with van der Waals surface area (Å²) in [6, 6.07) is 0. The van der Waals surface area contributed by atoms with E-state index in [1.165, 1.54) is 77.0 Å². The van der Waals surface area contributed by atoms with Crippen LogP contribution in [0.15, 0.2) is 48.6 Å². The normalized spacial score (nSPS) is 14.3. The van der Waals surface area contributed by atoms with Gasteiger partial charge in [-0.05, 0) is 51.4 Å². The van der Waals surface area contributed by atoms with E-state index in [0.29, 0.717) is 12.8 Å². The Hall–Kier alpha value is -2.07. The quantitative estimate of drug-likeness (QED) is 0.0236. The summed E-state index contributed by atoms with van der Waals surface area (Å²) in [5.74, 6) is -1.04. The summed E-state index contributed by atoms with van der Waals surface area (Å²) in [5, 5.41) is 19.2. The Kier molecular flexibility index (Phi) is 39.6. The number of hydrogen-bond donors (Lipinski definition) is 3. The van der Waals surface area contributed by atoms with Gasteiger partial charge in [0.15, 0.2) is 0 Å². The van der Waals surface area contributed by atoms with Gasteiger partial charge in [0.05, 0.1) is 26.4 Å². The fourth-order valence-corrected chi connectivity index (χ4v) is 6.71.